The normalized spacial score (nSPS) is 14.4. The lowest BCUT2D eigenvalue weighted by Crippen LogP contribution is -2.28. The summed E-state index contributed by atoms with van der Waals surface area (Å²) in [6, 6.07) is 2.20. The highest BCUT2D eigenvalue weighted by molar-refractivity contribution is 7.10. The molecule has 0 amide bonds. The summed E-state index contributed by atoms with van der Waals surface area (Å²) in [6.45, 7) is 6.23. The Bertz CT molecular complexity index is 293. The Labute approximate surface area is 90.1 Å². The van der Waals surface area contributed by atoms with Crippen LogP contribution in [0.25, 0.3) is 0 Å². The maximum Gasteiger partial charge on any atom is 0.0641 e. The smallest absolute Gasteiger partial charge is 0.0641 e. The van der Waals surface area contributed by atoms with Crippen LogP contribution in [0.15, 0.2) is 11.4 Å². The van der Waals surface area contributed by atoms with Gasteiger partial charge in [-0.05, 0) is 44.2 Å². The van der Waals surface area contributed by atoms with Gasteiger partial charge < -0.3 is 10.5 Å². The Morgan fingerprint density at radius 3 is 2.64 bits per heavy atom. The molecule has 1 atom stereocenters. The first-order valence-corrected chi connectivity index (χ1v) is 5.69. The van der Waals surface area contributed by atoms with Gasteiger partial charge in [-0.25, -0.2) is 0 Å². The van der Waals surface area contributed by atoms with Crippen molar-refractivity contribution in [2.45, 2.75) is 38.8 Å². The van der Waals surface area contributed by atoms with Crippen LogP contribution in [0.1, 0.15) is 36.8 Å². The number of nitrogens with two attached hydrogens (primary N) is 1. The summed E-state index contributed by atoms with van der Waals surface area (Å²) in [4.78, 5) is 1.27. The second kappa shape index (κ2) is 4.43. The van der Waals surface area contributed by atoms with Crippen LogP contribution in [0.3, 0.4) is 0 Å². The molecule has 80 valence electrons. The quantitative estimate of drug-likeness (QED) is 0.834. The van der Waals surface area contributed by atoms with E-state index in [4.69, 9.17) is 10.5 Å². The molecule has 3 heteroatoms. The topological polar surface area (TPSA) is 35.2 Å². The van der Waals surface area contributed by atoms with Crippen LogP contribution >= 0.6 is 11.3 Å². The van der Waals surface area contributed by atoms with E-state index in [2.05, 4.69) is 32.2 Å². The number of methoxy groups -OCH3 is 1. The summed E-state index contributed by atoms with van der Waals surface area (Å²) < 4.78 is 5.37. The van der Waals surface area contributed by atoms with Gasteiger partial charge in [-0.1, -0.05) is 0 Å². The summed E-state index contributed by atoms with van der Waals surface area (Å²) in [5, 5.41) is 2.09. The summed E-state index contributed by atoms with van der Waals surface area (Å²) in [7, 11) is 1.73. The molecule has 0 spiro atoms. The Balaban J connectivity index is 2.68. The number of hydrogen-bond acceptors (Lipinski definition) is 3. The fourth-order valence-electron chi connectivity index (χ4n) is 1.47. The maximum absolute atomic E-state index is 6.13. The van der Waals surface area contributed by atoms with Crippen molar-refractivity contribution >= 4 is 11.3 Å². The fourth-order valence-corrected chi connectivity index (χ4v) is 2.40. The first-order valence-electron chi connectivity index (χ1n) is 4.81. The summed E-state index contributed by atoms with van der Waals surface area (Å²) in [5.74, 6) is 0. The van der Waals surface area contributed by atoms with Gasteiger partial charge in [0.1, 0.15) is 0 Å². The van der Waals surface area contributed by atoms with Gasteiger partial charge in [-0.3, -0.25) is 0 Å². The number of thiophene rings is 1. The highest BCUT2D eigenvalue weighted by Gasteiger charge is 2.22. The third-order valence-corrected chi connectivity index (χ3v) is 3.65. The zero-order chi connectivity index (χ0) is 10.8. The van der Waals surface area contributed by atoms with Gasteiger partial charge in [0, 0.05) is 18.0 Å². The third-order valence-electron chi connectivity index (χ3n) is 2.50. The molecule has 2 N–H and O–H groups in total. The molecule has 2 nitrogen and oxygen atoms in total. The van der Waals surface area contributed by atoms with Crippen molar-refractivity contribution in [3.63, 3.8) is 0 Å². The standard InChI is InChI=1S/C11H19NOS/c1-8-5-6-14-10(8)9(12)7-11(2,3)13-4/h5-6,9H,7,12H2,1-4H3. The van der Waals surface area contributed by atoms with Crippen molar-refractivity contribution in [2.24, 2.45) is 5.73 Å². The lowest BCUT2D eigenvalue weighted by Gasteiger charge is -2.26. The minimum atomic E-state index is -0.143. The predicted octanol–water partition coefficient (Wildman–Crippen LogP) is 2.87. The molecule has 0 aliphatic carbocycles. The Morgan fingerprint density at radius 2 is 2.21 bits per heavy atom. The summed E-state index contributed by atoms with van der Waals surface area (Å²) in [5.41, 5.74) is 7.28. The second-order valence-corrected chi connectivity index (χ2v) is 5.19. The minimum absolute atomic E-state index is 0.0879. The SMILES string of the molecule is COC(C)(C)CC(N)c1sccc1C. The zero-order valence-corrected chi connectivity index (χ0v) is 10.1. The molecular weight excluding hydrogens is 194 g/mol. The van der Waals surface area contributed by atoms with E-state index >= 15 is 0 Å². The first kappa shape index (κ1) is 11.7. The van der Waals surface area contributed by atoms with Crippen LogP contribution in [-0.4, -0.2) is 12.7 Å². The lowest BCUT2D eigenvalue weighted by molar-refractivity contribution is 0.0102. The van der Waals surface area contributed by atoms with E-state index in [9.17, 15) is 0 Å². The van der Waals surface area contributed by atoms with E-state index in [1.54, 1.807) is 18.4 Å². The van der Waals surface area contributed by atoms with Crippen LogP contribution in [-0.2, 0) is 4.74 Å². The molecule has 14 heavy (non-hydrogen) atoms. The molecule has 0 fully saturated rings. The molecule has 1 rings (SSSR count). The number of aryl methyl sites for hydroxylation is 1. The minimum Gasteiger partial charge on any atom is -0.379 e. The second-order valence-electron chi connectivity index (χ2n) is 4.24. The Morgan fingerprint density at radius 1 is 1.57 bits per heavy atom. The molecule has 0 bridgehead atoms. The average molecular weight is 213 g/mol. The molecule has 1 aromatic rings. The van der Waals surface area contributed by atoms with E-state index in [0.29, 0.717) is 0 Å². The van der Waals surface area contributed by atoms with Crippen molar-refractivity contribution in [2.75, 3.05) is 7.11 Å². The van der Waals surface area contributed by atoms with E-state index in [-0.39, 0.29) is 11.6 Å². The fraction of sp³-hybridized carbons (Fsp3) is 0.636. The summed E-state index contributed by atoms with van der Waals surface area (Å²) >= 11 is 1.73. The largest absolute Gasteiger partial charge is 0.379 e. The van der Waals surface area contributed by atoms with E-state index in [1.807, 2.05) is 0 Å². The first-order chi connectivity index (χ1) is 6.46. The average Bonchev–Trinajstić information content (AvgIpc) is 2.51. The summed E-state index contributed by atoms with van der Waals surface area (Å²) in [6.07, 6.45) is 0.852. The molecule has 0 radical (unpaired) electrons. The van der Waals surface area contributed by atoms with E-state index in [0.717, 1.165) is 6.42 Å². The van der Waals surface area contributed by atoms with Gasteiger partial charge in [0.05, 0.1) is 5.60 Å². The van der Waals surface area contributed by atoms with Crippen LogP contribution in [0, 0.1) is 6.92 Å². The van der Waals surface area contributed by atoms with Gasteiger partial charge in [-0.15, -0.1) is 11.3 Å². The number of rotatable bonds is 4. The van der Waals surface area contributed by atoms with Crippen LogP contribution < -0.4 is 5.73 Å². The molecule has 1 aromatic heterocycles. The number of hydrogen-bond donors (Lipinski definition) is 1. The maximum atomic E-state index is 6.13. The molecule has 0 aromatic carbocycles. The third kappa shape index (κ3) is 2.80. The monoisotopic (exact) mass is 213 g/mol. The molecule has 1 heterocycles. The van der Waals surface area contributed by atoms with E-state index in [1.165, 1.54) is 10.4 Å². The van der Waals surface area contributed by atoms with Gasteiger partial charge in [0.25, 0.3) is 0 Å². The van der Waals surface area contributed by atoms with Crippen molar-refractivity contribution in [1.29, 1.82) is 0 Å². The van der Waals surface area contributed by atoms with Gasteiger partial charge >= 0.3 is 0 Å². The van der Waals surface area contributed by atoms with Crippen LogP contribution in [0.4, 0.5) is 0 Å². The van der Waals surface area contributed by atoms with Crippen LogP contribution in [0.5, 0.6) is 0 Å². The lowest BCUT2D eigenvalue weighted by atomic mass is 9.97. The Hall–Kier alpha value is -0.380. The van der Waals surface area contributed by atoms with Gasteiger partial charge in [0.2, 0.25) is 0 Å². The van der Waals surface area contributed by atoms with Gasteiger partial charge in [-0.2, -0.15) is 0 Å². The van der Waals surface area contributed by atoms with Gasteiger partial charge in [0.15, 0.2) is 0 Å². The molecule has 0 saturated heterocycles. The van der Waals surface area contributed by atoms with Crippen molar-refractivity contribution in [1.82, 2.24) is 0 Å². The van der Waals surface area contributed by atoms with Crippen LogP contribution in [0.2, 0.25) is 0 Å². The van der Waals surface area contributed by atoms with E-state index < -0.39 is 0 Å². The molecule has 1 unspecified atom stereocenters. The molecule has 0 aliphatic heterocycles. The molecule has 0 saturated carbocycles. The molecular formula is C11H19NOS. The molecule has 0 aliphatic rings. The zero-order valence-electron chi connectivity index (χ0n) is 9.33. The Kier molecular flexibility index (Phi) is 3.70. The highest BCUT2D eigenvalue weighted by Crippen LogP contribution is 2.29. The predicted molar refractivity (Wildman–Crippen MR) is 61.7 cm³/mol. The van der Waals surface area contributed by atoms with Crippen molar-refractivity contribution in [3.05, 3.63) is 21.9 Å². The highest BCUT2D eigenvalue weighted by atomic mass is 32.1. The number of ether oxygens (including phenoxy) is 1. The van der Waals surface area contributed by atoms with Crippen molar-refractivity contribution < 1.29 is 4.74 Å². The van der Waals surface area contributed by atoms with Crippen molar-refractivity contribution in [3.8, 4) is 0 Å².